The fraction of sp³-hybridized carbons (Fsp3) is 0.750. The van der Waals surface area contributed by atoms with Crippen LogP contribution in [-0.4, -0.2) is 31.2 Å². The molecule has 1 aliphatic carbocycles. The van der Waals surface area contributed by atoms with E-state index in [0.717, 1.165) is 18.5 Å². The van der Waals surface area contributed by atoms with Gasteiger partial charge in [-0.15, -0.1) is 0 Å². The molecule has 108 valence electrons. The van der Waals surface area contributed by atoms with Crippen LogP contribution in [0.1, 0.15) is 45.1 Å². The van der Waals surface area contributed by atoms with E-state index >= 15 is 0 Å². The highest BCUT2D eigenvalue weighted by Gasteiger charge is 2.23. The lowest BCUT2D eigenvalue weighted by molar-refractivity contribution is 0.287. The Morgan fingerprint density at radius 3 is 2.58 bits per heavy atom. The van der Waals surface area contributed by atoms with Crippen LogP contribution in [0.2, 0.25) is 0 Å². The molecule has 1 aromatic rings. The molecule has 0 spiro atoms. The van der Waals surface area contributed by atoms with Gasteiger partial charge in [-0.3, -0.25) is 0 Å². The Balaban J connectivity index is 1.69. The first-order valence-corrected chi connectivity index (χ1v) is 7.63. The molecular weight excluding hydrogens is 234 g/mol. The summed E-state index contributed by atoms with van der Waals surface area (Å²) < 4.78 is 0. The minimum absolute atomic E-state index is 0.210. The van der Waals surface area contributed by atoms with Gasteiger partial charge in [0.2, 0.25) is 0 Å². The van der Waals surface area contributed by atoms with E-state index in [1.807, 2.05) is 6.20 Å². The van der Waals surface area contributed by atoms with Crippen molar-refractivity contribution in [2.75, 3.05) is 20.1 Å². The standard InChI is InChI=1S/C16H29N3/c1-16(2,14-8-9-18-11-14)12-19-10-13-4-6-15(17-3)7-5-13/h8-9,11,13,15,17-19H,4-7,10,12H2,1-3H3. The molecule has 0 radical (unpaired) electrons. The highest BCUT2D eigenvalue weighted by atomic mass is 14.9. The second-order valence-electron chi connectivity index (χ2n) is 6.62. The van der Waals surface area contributed by atoms with Crippen LogP contribution in [0.5, 0.6) is 0 Å². The summed E-state index contributed by atoms with van der Waals surface area (Å²) in [6.45, 7) is 6.84. The number of hydrogen-bond acceptors (Lipinski definition) is 2. The van der Waals surface area contributed by atoms with Crippen molar-refractivity contribution in [3.05, 3.63) is 24.0 Å². The summed E-state index contributed by atoms with van der Waals surface area (Å²) >= 11 is 0. The zero-order chi connectivity index (χ0) is 13.7. The average molecular weight is 263 g/mol. The molecule has 0 unspecified atom stereocenters. The summed E-state index contributed by atoms with van der Waals surface area (Å²) in [5, 5.41) is 7.08. The monoisotopic (exact) mass is 263 g/mol. The van der Waals surface area contributed by atoms with Crippen LogP contribution >= 0.6 is 0 Å². The lowest BCUT2D eigenvalue weighted by atomic mass is 9.84. The maximum Gasteiger partial charge on any atom is 0.00642 e. The topological polar surface area (TPSA) is 39.8 Å². The smallest absolute Gasteiger partial charge is 0.00642 e. The molecule has 0 aromatic carbocycles. The van der Waals surface area contributed by atoms with Crippen LogP contribution in [-0.2, 0) is 5.41 Å². The minimum atomic E-state index is 0.210. The van der Waals surface area contributed by atoms with Gasteiger partial charge in [0.25, 0.3) is 0 Å². The zero-order valence-corrected chi connectivity index (χ0v) is 12.6. The molecule has 1 heterocycles. The molecule has 3 heteroatoms. The van der Waals surface area contributed by atoms with E-state index in [0.29, 0.717) is 0 Å². The Morgan fingerprint density at radius 1 is 1.26 bits per heavy atom. The molecule has 1 aromatic heterocycles. The number of rotatable bonds is 6. The third-order valence-electron chi connectivity index (χ3n) is 4.63. The van der Waals surface area contributed by atoms with Crippen molar-refractivity contribution in [2.24, 2.45) is 5.92 Å². The summed E-state index contributed by atoms with van der Waals surface area (Å²) in [6, 6.07) is 2.94. The molecular formula is C16H29N3. The van der Waals surface area contributed by atoms with Crippen molar-refractivity contribution in [3.63, 3.8) is 0 Å². The lowest BCUT2D eigenvalue weighted by Crippen LogP contribution is -2.38. The fourth-order valence-electron chi connectivity index (χ4n) is 3.09. The van der Waals surface area contributed by atoms with Gasteiger partial charge in [-0.2, -0.15) is 0 Å². The summed E-state index contributed by atoms with van der Waals surface area (Å²) in [6.07, 6.45) is 9.52. The van der Waals surface area contributed by atoms with Gasteiger partial charge in [0.15, 0.2) is 0 Å². The number of aromatic amines is 1. The summed E-state index contributed by atoms with van der Waals surface area (Å²) in [5.74, 6) is 0.867. The van der Waals surface area contributed by atoms with Crippen molar-refractivity contribution >= 4 is 0 Å². The third-order valence-corrected chi connectivity index (χ3v) is 4.63. The van der Waals surface area contributed by atoms with Gasteiger partial charge < -0.3 is 15.6 Å². The van der Waals surface area contributed by atoms with Crippen molar-refractivity contribution in [1.82, 2.24) is 15.6 Å². The SMILES string of the molecule is CNC1CCC(CNCC(C)(C)c2cc[nH]c2)CC1. The van der Waals surface area contributed by atoms with Crippen molar-refractivity contribution in [1.29, 1.82) is 0 Å². The molecule has 0 bridgehead atoms. The zero-order valence-electron chi connectivity index (χ0n) is 12.6. The van der Waals surface area contributed by atoms with Gasteiger partial charge in [-0.25, -0.2) is 0 Å². The lowest BCUT2D eigenvalue weighted by Gasteiger charge is -2.30. The highest BCUT2D eigenvalue weighted by Crippen LogP contribution is 2.25. The number of H-pyrrole nitrogens is 1. The highest BCUT2D eigenvalue weighted by molar-refractivity contribution is 5.20. The van der Waals surface area contributed by atoms with Gasteiger partial charge in [0.1, 0.15) is 0 Å². The molecule has 0 amide bonds. The quantitative estimate of drug-likeness (QED) is 0.738. The Morgan fingerprint density at radius 2 is 2.00 bits per heavy atom. The van der Waals surface area contributed by atoms with Gasteiger partial charge in [0, 0.05) is 30.4 Å². The van der Waals surface area contributed by atoms with E-state index < -0.39 is 0 Å². The molecule has 1 saturated carbocycles. The minimum Gasteiger partial charge on any atom is -0.367 e. The van der Waals surface area contributed by atoms with Crippen LogP contribution in [0.15, 0.2) is 18.5 Å². The second kappa shape index (κ2) is 6.58. The van der Waals surface area contributed by atoms with E-state index in [1.54, 1.807) is 0 Å². The Bertz CT molecular complexity index is 348. The molecule has 2 rings (SSSR count). The average Bonchev–Trinajstić information content (AvgIpc) is 2.94. The van der Waals surface area contributed by atoms with Crippen LogP contribution in [0, 0.1) is 5.92 Å². The number of hydrogen-bond donors (Lipinski definition) is 3. The van der Waals surface area contributed by atoms with E-state index in [4.69, 9.17) is 0 Å². The summed E-state index contributed by atoms with van der Waals surface area (Å²) in [7, 11) is 2.09. The Kier molecular flexibility index (Phi) is 5.06. The van der Waals surface area contributed by atoms with Crippen molar-refractivity contribution in [3.8, 4) is 0 Å². The Labute approximate surface area is 117 Å². The molecule has 3 N–H and O–H groups in total. The van der Waals surface area contributed by atoms with Crippen LogP contribution in [0.3, 0.4) is 0 Å². The van der Waals surface area contributed by atoms with Crippen molar-refractivity contribution < 1.29 is 0 Å². The fourth-order valence-corrected chi connectivity index (χ4v) is 3.09. The second-order valence-corrected chi connectivity index (χ2v) is 6.62. The first-order valence-electron chi connectivity index (χ1n) is 7.63. The predicted octanol–water partition coefficient (Wildman–Crippen LogP) is 2.66. The van der Waals surface area contributed by atoms with E-state index in [9.17, 15) is 0 Å². The molecule has 0 saturated heterocycles. The molecule has 19 heavy (non-hydrogen) atoms. The van der Waals surface area contributed by atoms with Crippen molar-refractivity contribution in [2.45, 2.75) is 51.0 Å². The molecule has 1 fully saturated rings. The predicted molar refractivity (Wildman–Crippen MR) is 81.5 cm³/mol. The maximum atomic E-state index is 3.68. The number of aromatic nitrogens is 1. The van der Waals surface area contributed by atoms with E-state index in [-0.39, 0.29) is 5.41 Å². The summed E-state index contributed by atoms with van der Waals surface area (Å²) in [4.78, 5) is 3.15. The first-order chi connectivity index (χ1) is 9.12. The van der Waals surface area contributed by atoms with Gasteiger partial charge in [-0.05, 0) is 56.8 Å². The van der Waals surface area contributed by atoms with E-state index in [2.05, 4.69) is 48.8 Å². The molecule has 3 nitrogen and oxygen atoms in total. The van der Waals surface area contributed by atoms with Crippen LogP contribution < -0.4 is 10.6 Å². The van der Waals surface area contributed by atoms with Gasteiger partial charge in [0.05, 0.1) is 0 Å². The largest absolute Gasteiger partial charge is 0.367 e. The third kappa shape index (κ3) is 4.08. The molecule has 0 aliphatic heterocycles. The molecule has 1 aliphatic rings. The Hall–Kier alpha value is -0.800. The number of nitrogens with one attached hydrogen (secondary N) is 3. The first kappa shape index (κ1) is 14.6. The van der Waals surface area contributed by atoms with Gasteiger partial charge >= 0.3 is 0 Å². The van der Waals surface area contributed by atoms with Crippen LogP contribution in [0.4, 0.5) is 0 Å². The van der Waals surface area contributed by atoms with Gasteiger partial charge in [-0.1, -0.05) is 13.8 Å². The normalized spacial score (nSPS) is 24.6. The molecule has 0 atom stereocenters. The van der Waals surface area contributed by atoms with Crippen LogP contribution in [0.25, 0.3) is 0 Å². The van der Waals surface area contributed by atoms with E-state index in [1.165, 1.54) is 37.8 Å². The summed E-state index contributed by atoms with van der Waals surface area (Å²) in [5.41, 5.74) is 1.60. The maximum absolute atomic E-state index is 3.68.